The minimum atomic E-state index is -0.456. The molecule has 8 heteroatoms. The summed E-state index contributed by atoms with van der Waals surface area (Å²) in [7, 11) is 0. The Morgan fingerprint density at radius 3 is 2.50 bits per heavy atom. The van der Waals surface area contributed by atoms with Gasteiger partial charge in [-0.25, -0.2) is 4.79 Å². The van der Waals surface area contributed by atoms with Crippen LogP contribution >= 0.6 is 0 Å². The third-order valence-electron chi connectivity index (χ3n) is 5.62. The lowest BCUT2D eigenvalue weighted by molar-refractivity contribution is 0.0951. The monoisotopic (exact) mass is 454 g/mol. The van der Waals surface area contributed by atoms with E-state index < -0.39 is 6.03 Å². The Morgan fingerprint density at radius 1 is 0.971 bits per heavy atom. The van der Waals surface area contributed by atoms with Crippen molar-refractivity contribution in [3.63, 3.8) is 0 Å². The summed E-state index contributed by atoms with van der Waals surface area (Å²) in [6.45, 7) is 2.15. The molecule has 0 unspecified atom stereocenters. The highest BCUT2D eigenvalue weighted by molar-refractivity contribution is 6.04. The van der Waals surface area contributed by atoms with E-state index in [9.17, 15) is 9.59 Å². The average Bonchev–Trinajstić information content (AvgIpc) is 2.88. The quantitative estimate of drug-likeness (QED) is 0.507. The van der Waals surface area contributed by atoms with Crippen LogP contribution in [0.1, 0.15) is 40.7 Å². The summed E-state index contributed by atoms with van der Waals surface area (Å²) in [5.74, 6) is -0.213. The number of hydrogen-bond acceptors (Lipinski definition) is 5. The van der Waals surface area contributed by atoms with Gasteiger partial charge < -0.3 is 20.9 Å². The second-order valence-electron chi connectivity index (χ2n) is 8.10. The Hall–Kier alpha value is -4.38. The van der Waals surface area contributed by atoms with Gasteiger partial charge >= 0.3 is 6.03 Å². The van der Waals surface area contributed by atoms with Crippen molar-refractivity contribution in [2.75, 3.05) is 28.6 Å². The molecule has 0 bridgehead atoms. The van der Waals surface area contributed by atoms with E-state index in [2.05, 4.69) is 25.8 Å². The van der Waals surface area contributed by atoms with Crippen molar-refractivity contribution >= 4 is 29.0 Å². The van der Waals surface area contributed by atoms with E-state index in [1.807, 2.05) is 24.3 Å². The van der Waals surface area contributed by atoms with Crippen LogP contribution in [0.4, 0.5) is 21.9 Å². The number of amides is 3. The van der Waals surface area contributed by atoms with Crippen molar-refractivity contribution in [2.45, 2.75) is 25.8 Å². The molecule has 1 aliphatic heterocycles. The molecule has 1 aliphatic rings. The molecule has 0 atom stereocenters. The second kappa shape index (κ2) is 11.0. The molecule has 2 heterocycles. The zero-order valence-corrected chi connectivity index (χ0v) is 18.8. The van der Waals surface area contributed by atoms with Crippen molar-refractivity contribution in [2.24, 2.45) is 0 Å². The minimum Gasteiger partial charge on any atom is -0.371 e. The van der Waals surface area contributed by atoms with Crippen LogP contribution in [0.3, 0.4) is 0 Å². The lowest BCUT2D eigenvalue weighted by Gasteiger charge is -2.30. The van der Waals surface area contributed by atoms with Gasteiger partial charge in [-0.3, -0.25) is 9.78 Å². The highest BCUT2D eigenvalue weighted by Gasteiger charge is 2.20. The fourth-order valence-electron chi connectivity index (χ4n) is 3.95. The van der Waals surface area contributed by atoms with Gasteiger partial charge in [-0.05, 0) is 67.3 Å². The minimum absolute atomic E-state index is 0.213. The number of pyridine rings is 1. The standard InChI is InChI=1S/C26H26N6O2/c27-16-19-6-4-8-21(14-19)30-26(34)31-22-9-10-24(32-12-2-1-3-13-32)23(15-22)25(33)29-18-20-7-5-11-28-17-20/h4-11,14-15,17H,1-3,12-13,18H2,(H,29,33)(H2,30,31,34). The molecule has 3 amide bonds. The number of piperidine rings is 1. The molecule has 4 rings (SSSR count). The highest BCUT2D eigenvalue weighted by atomic mass is 16.2. The average molecular weight is 455 g/mol. The molecular weight excluding hydrogens is 428 g/mol. The van der Waals surface area contributed by atoms with Gasteiger partial charge in [-0.2, -0.15) is 5.26 Å². The molecule has 0 radical (unpaired) electrons. The first-order valence-electron chi connectivity index (χ1n) is 11.3. The Kier molecular flexibility index (Phi) is 7.35. The van der Waals surface area contributed by atoms with E-state index in [4.69, 9.17) is 5.26 Å². The molecule has 2 aromatic carbocycles. The van der Waals surface area contributed by atoms with E-state index in [0.29, 0.717) is 29.0 Å². The van der Waals surface area contributed by atoms with Gasteiger partial charge in [0.05, 0.1) is 17.2 Å². The largest absolute Gasteiger partial charge is 0.371 e. The predicted octanol–water partition coefficient (Wildman–Crippen LogP) is 4.52. The molecule has 34 heavy (non-hydrogen) atoms. The fourth-order valence-corrected chi connectivity index (χ4v) is 3.95. The summed E-state index contributed by atoms with van der Waals surface area (Å²) >= 11 is 0. The molecule has 3 aromatic rings. The van der Waals surface area contributed by atoms with Crippen LogP contribution < -0.4 is 20.9 Å². The summed E-state index contributed by atoms with van der Waals surface area (Å²) < 4.78 is 0. The van der Waals surface area contributed by atoms with Gasteiger partial charge in [0, 0.05) is 49.1 Å². The first kappa shape index (κ1) is 22.8. The predicted molar refractivity (Wildman–Crippen MR) is 132 cm³/mol. The van der Waals surface area contributed by atoms with Gasteiger partial charge in [-0.1, -0.05) is 12.1 Å². The zero-order valence-electron chi connectivity index (χ0n) is 18.8. The molecule has 1 fully saturated rings. The summed E-state index contributed by atoms with van der Waals surface area (Å²) in [4.78, 5) is 32.0. The lowest BCUT2D eigenvalue weighted by atomic mass is 10.1. The Morgan fingerprint density at radius 2 is 1.76 bits per heavy atom. The number of rotatable bonds is 6. The second-order valence-corrected chi connectivity index (χ2v) is 8.10. The van der Waals surface area contributed by atoms with Gasteiger partial charge in [0.2, 0.25) is 0 Å². The molecular formula is C26H26N6O2. The lowest BCUT2D eigenvalue weighted by Crippen LogP contribution is -2.33. The molecule has 0 aliphatic carbocycles. The van der Waals surface area contributed by atoms with Crippen molar-refractivity contribution < 1.29 is 9.59 Å². The van der Waals surface area contributed by atoms with Crippen LogP contribution in [0.2, 0.25) is 0 Å². The van der Waals surface area contributed by atoms with Crippen molar-refractivity contribution in [3.05, 3.63) is 83.7 Å². The number of carbonyl (C=O) groups excluding carboxylic acids is 2. The number of nitrogens with one attached hydrogen (secondary N) is 3. The molecule has 1 saturated heterocycles. The first-order chi connectivity index (χ1) is 16.6. The maximum atomic E-state index is 13.2. The summed E-state index contributed by atoms with van der Waals surface area (Å²) in [6.07, 6.45) is 6.76. The van der Waals surface area contributed by atoms with Crippen LogP contribution in [-0.4, -0.2) is 30.0 Å². The normalized spacial score (nSPS) is 13.0. The third kappa shape index (κ3) is 5.90. The SMILES string of the molecule is N#Cc1cccc(NC(=O)Nc2ccc(N3CCCCC3)c(C(=O)NCc3cccnc3)c2)c1. The van der Waals surface area contributed by atoms with Crippen molar-refractivity contribution in [1.29, 1.82) is 5.26 Å². The maximum absolute atomic E-state index is 13.2. The van der Waals surface area contributed by atoms with E-state index in [1.165, 1.54) is 6.42 Å². The van der Waals surface area contributed by atoms with Crippen LogP contribution in [-0.2, 0) is 6.54 Å². The van der Waals surface area contributed by atoms with Crippen LogP contribution in [0.5, 0.6) is 0 Å². The van der Waals surface area contributed by atoms with Crippen LogP contribution in [0, 0.1) is 11.3 Å². The zero-order chi connectivity index (χ0) is 23.8. The molecule has 172 valence electrons. The van der Waals surface area contributed by atoms with Crippen LogP contribution in [0.15, 0.2) is 67.0 Å². The van der Waals surface area contributed by atoms with E-state index in [0.717, 1.165) is 37.2 Å². The summed E-state index contributed by atoms with van der Waals surface area (Å²) in [6, 6.07) is 17.4. The number of benzene rings is 2. The van der Waals surface area contributed by atoms with Crippen molar-refractivity contribution in [1.82, 2.24) is 10.3 Å². The smallest absolute Gasteiger partial charge is 0.323 e. The van der Waals surface area contributed by atoms with Gasteiger partial charge in [0.25, 0.3) is 5.91 Å². The van der Waals surface area contributed by atoms with E-state index >= 15 is 0 Å². The number of nitrogens with zero attached hydrogens (tertiary/aromatic N) is 3. The third-order valence-corrected chi connectivity index (χ3v) is 5.62. The number of carbonyl (C=O) groups is 2. The van der Waals surface area contributed by atoms with E-state index in [-0.39, 0.29) is 5.91 Å². The fraction of sp³-hybridized carbons (Fsp3) is 0.231. The molecule has 8 nitrogen and oxygen atoms in total. The Labute approximate surface area is 198 Å². The summed E-state index contributed by atoms with van der Waals surface area (Å²) in [5, 5.41) is 17.5. The molecule has 0 saturated carbocycles. The van der Waals surface area contributed by atoms with Crippen molar-refractivity contribution in [3.8, 4) is 6.07 Å². The Balaban J connectivity index is 1.51. The molecule has 3 N–H and O–H groups in total. The van der Waals surface area contributed by atoms with Gasteiger partial charge in [-0.15, -0.1) is 0 Å². The van der Waals surface area contributed by atoms with Gasteiger partial charge in [0.15, 0.2) is 0 Å². The van der Waals surface area contributed by atoms with Crippen LogP contribution in [0.25, 0.3) is 0 Å². The number of anilines is 3. The number of nitriles is 1. The highest BCUT2D eigenvalue weighted by Crippen LogP contribution is 2.27. The summed E-state index contributed by atoms with van der Waals surface area (Å²) in [5.41, 5.74) is 3.74. The number of urea groups is 1. The Bertz CT molecular complexity index is 1200. The first-order valence-corrected chi connectivity index (χ1v) is 11.3. The number of aromatic nitrogens is 1. The topological polar surface area (TPSA) is 110 Å². The number of hydrogen-bond donors (Lipinski definition) is 3. The molecule has 1 aromatic heterocycles. The van der Waals surface area contributed by atoms with E-state index in [1.54, 1.807) is 48.8 Å². The maximum Gasteiger partial charge on any atom is 0.323 e. The van der Waals surface area contributed by atoms with Gasteiger partial charge in [0.1, 0.15) is 0 Å². The molecule has 0 spiro atoms.